The van der Waals surface area contributed by atoms with E-state index in [9.17, 15) is 18.5 Å². The number of methoxy groups -OCH3 is 1. The molecule has 26 heavy (non-hydrogen) atoms. The Morgan fingerprint density at radius 3 is 2.35 bits per heavy atom. The van der Waals surface area contributed by atoms with Crippen molar-refractivity contribution in [1.82, 2.24) is 4.31 Å². The predicted molar refractivity (Wildman–Crippen MR) is 96.4 cm³/mol. The molecule has 2 rings (SSSR count). The van der Waals surface area contributed by atoms with Gasteiger partial charge in [-0.2, -0.15) is 4.31 Å². The molecule has 0 spiro atoms. The first-order valence-corrected chi connectivity index (χ1v) is 9.24. The van der Waals surface area contributed by atoms with E-state index in [0.717, 1.165) is 16.4 Å². The minimum Gasteiger partial charge on any atom is -0.497 e. The van der Waals surface area contributed by atoms with Crippen LogP contribution in [0.3, 0.4) is 0 Å². The van der Waals surface area contributed by atoms with Gasteiger partial charge in [0.05, 0.1) is 12.0 Å². The number of sulfonamides is 1. The van der Waals surface area contributed by atoms with Gasteiger partial charge in [-0.05, 0) is 36.4 Å². The van der Waals surface area contributed by atoms with Crippen LogP contribution in [0.2, 0.25) is 5.02 Å². The van der Waals surface area contributed by atoms with Crippen molar-refractivity contribution in [2.75, 3.05) is 27.3 Å². The molecular weight excluding hydrogens is 384 g/mol. The van der Waals surface area contributed by atoms with Crippen molar-refractivity contribution in [1.29, 1.82) is 0 Å². The normalized spacial score (nSPS) is 11.4. The minimum atomic E-state index is -4.06. The van der Waals surface area contributed by atoms with Crippen LogP contribution in [0.15, 0.2) is 47.4 Å². The Morgan fingerprint density at radius 2 is 1.77 bits per heavy atom. The first kappa shape index (κ1) is 20.0. The second-order valence-corrected chi connectivity index (χ2v) is 7.67. The van der Waals surface area contributed by atoms with Gasteiger partial charge in [-0.3, -0.25) is 10.1 Å². The predicted octanol–water partition coefficient (Wildman–Crippen LogP) is 2.96. The highest BCUT2D eigenvalue weighted by atomic mass is 35.5. The summed E-state index contributed by atoms with van der Waals surface area (Å²) in [6.45, 7) is 0.0809. The Kier molecular flexibility index (Phi) is 6.41. The van der Waals surface area contributed by atoms with E-state index >= 15 is 0 Å². The van der Waals surface area contributed by atoms with Gasteiger partial charge in [0.15, 0.2) is 4.90 Å². The van der Waals surface area contributed by atoms with E-state index in [1.165, 1.54) is 13.1 Å². The van der Waals surface area contributed by atoms with Crippen LogP contribution >= 0.6 is 11.6 Å². The van der Waals surface area contributed by atoms with Crippen LogP contribution in [0.25, 0.3) is 0 Å². The van der Waals surface area contributed by atoms with Gasteiger partial charge in [-0.25, -0.2) is 8.42 Å². The zero-order valence-corrected chi connectivity index (χ0v) is 15.7. The number of likely N-dealkylation sites (N-methyl/N-ethyl adjacent to an activating group) is 1. The summed E-state index contributed by atoms with van der Waals surface area (Å²) in [7, 11) is -1.19. The Balaban J connectivity index is 2.08. The molecule has 10 heteroatoms. The number of nitro benzene ring substituents is 1. The lowest BCUT2D eigenvalue weighted by molar-refractivity contribution is -0.387. The van der Waals surface area contributed by atoms with Crippen LogP contribution in [0.1, 0.15) is 0 Å². The molecule has 2 aromatic rings. The first-order valence-electron chi connectivity index (χ1n) is 7.43. The number of hydrogen-bond donors (Lipinski definition) is 0. The van der Waals surface area contributed by atoms with Gasteiger partial charge in [0.2, 0.25) is 10.0 Å². The topological polar surface area (TPSA) is 99.0 Å². The Morgan fingerprint density at radius 1 is 1.15 bits per heavy atom. The van der Waals surface area contributed by atoms with Gasteiger partial charge < -0.3 is 9.47 Å². The van der Waals surface area contributed by atoms with E-state index in [-0.39, 0.29) is 18.2 Å². The third kappa shape index (κ3) is 4.63. The van der Waals surface area contributed by atoms with Gasteiger partial charge in [-0.1, -0.05) is 11.6 Å². The summed E-state index contributed by atoms with van der Waals surface area (Å²) in [5.41, 5.74) is -0.569. The molecule has 0 saturated heterocycles. The molecule has 0 saturated carbocycles. The van der Waals surface area contributed by atoms with E-state index in [0.29, 0.717) is 11.5 Å². The van der Waals surface area contributed by atoms with E-state index in [2.05, 4.69) is 0 Å². The van der Waals surface area contributed by atoms with Gasteiger partial charge in [0.1, 0.15) is 18.1 Å². The number of halogens is 1. The molecular formula is C16H17ClN2O6S. The average molecular weight is 401 g/mol. The zero-order chi connectivity index (χ0) is 19.3. The summed E-state index contributed by atoms with van der Waals surface area (Å²) in [6, 6.07) is 10.2. The van der Waals surface area contributed by atoms with Gasteiger partial charge >= 0.3 is 0 Å². The van der Waals surface area contributed by atoms with Crippen LogP contribution in [0.4, 0.5) is 5.69 Å². The molecule has 2 aromatic carbocycles. The number of nitrogens with zero attached hydrogens (tertiary/aromatic N) is 2. The van der Waals surface area contributed by atoms with Crippen LogP contribution in [0.5, 0.6) is 11.5 Å². The van der Waals surface area contributed by atoms with E-state index in [4.69, 9.17) is 21.1 Å². The summed E-state index contributed by atoms with van der Waals surface area (Å²) in [5, 5.41) is 11.2. The van der Waals surface area contributed by atoms with E-state index in [1.54, 1.807) is 31.4 Å². The lowest BCUT2D eigenvalue weighted by Crippen LogP contribution is -2.31. The van der Waals surface area contributed by atoms with E-state index < -0.39 is 25.5 Å². The Hall–Kier alpha value is -2.36. The van der Waals surface area contributed by atoms with Crippen molar-refractivity contribution in [2.45, 2.75) is 4.90 Å². The fourth-order valence-corrected chi connectivity index (χ4v) is 3.56. The van der Waals surface area contributed by atoms with Crippen molar-refractivity contribution in [3.8, 4) is 11.5 Å². The molecule has 0 aliphatic heterocycles. The van der Waals surface area contributed by atoms with Crippen molar-refractivity contribution in [3.63, 3.8) is 0 Å². The summed E-state index contributed by atoms with van der Waals surface area (Å²) in [6.07, 6.45) is 0. The van der Waals surface area contributed by atoms with Crippen molar-refractivity contribution >= 4 is 27.3 Å². The smallest absolute Gasteiger partial charge is 0.290 e. The molecule has 0 unspecified atom stereocenters. The molecule has 0 amide bonds. The van der Waals surface area contributed by atoms with E-state index in [1.807, 2.05) is 0 Å². The van der Waals surface area contributed by atoms with Gasteiger partial charge in [0, 0.05) is 24.7 Å². The number of rotatable bonds is 8. The number of nitro groups is 1. The maximum absolute atomic E-state index is 12.6. The maximum Gasteiger partial charge on any atom is 0.290 e. The van der Waals surface area contributed by atoms with Gasteiger partial charge in [0.25, 0.3) is 5.69 Å². The molecule has 0 atom stereocenters. The molecule has 0 aliphatic rings. The second kappa shape index (κ2) is 8.35. The number of benzene rings is 2. The third-order valence-electron chi connectivity index (χ3n) is 3.54. The highest BCUT2D eigenvalue weighted by molar-refractivity contribution is 7.89. The monoisotopic (exact) mass is 400 g/mol. The summed E-state index contributed by atoms with van der Waals surface area (Å²) >= 11 is 5.72. The fraction of sp³-hybridized carbons (Fsp3) is 0.250. The molecule has 0 heterocycles. The minimum absolute atomic E-state index is 0.00808. The molecule has 0 N–H and O–H groups in total. The number of hydrogen-bond acceptors (Lipinski definition) is 6. The molecule has 140 valence electrons. The fourth-order valence-electron chi connectivity index (χ4n) is 2.10. The van der Waals surface area contributed by atoms with Crippen LogP contribution in [0, 0.1) is 10.1 Å². The highest BCUT2D eigenvalue weighted by Gasteiger charge is 2.29. The number of ether oxygens (including phenoxy) is 2. The first-order chi connectivity index (χ1) is 12.3. The van der Waals surface area contributed by atoms with Crippen molar-refractivity contribution in [3.05, 3.63) is 57.6 Å². The molecule has 0 aromatic heterocycles. The quantitative estimate of drug-likeness (QED) is 0.499. The lowest BCUT2D eigenvalue weighted by atomic mass is 10.3. The average Bonchev–Trinajstić information content (AvgIpc) is 2.61. The van der Waals surface area contributed by atoms with Crippen molar-refractivity contribution in [2.24, 2.45) is 0 Å². The van der Waals surface area contributed by atoms with Crippen LogP contribution < -0.4 is 9.47 Å². The SMILES string of the molecule is COc1ccc(OCCN(C)S(=O)(=O)c2ccc(Cl)cc2[N+](=O)[O-])cc1. The Bertz CT molecular complexity index is 886. The Labute approximate surface area is 156 Å². The molecule has 0 fully saturated rings. The molecule has 0 bridgehead atoms. The molecule has 0 aliphatic carbocycles. The van der Waals surface area contributed by atoms with Gasteiger partial charge in [-0.15, -0.1) is 0 Å². The largest absolute Gasteiger partial charge is 0.497 e. The highest BCUT2D eigenvalue weighted by Crippen LogP contribution is 2.29. The third-order valence-corrected chi connectivity index (χ3v) is 5.68. The van der Waals surface area contributed by atoms with Crippen molar-refractivity contribution < 1.29 is 22.8 Å². The summed E-state index contributed by atoms with van der Waals surface area (Å²) in [5.74, 6) is 1.22. The zero-order valence-electron chi connectivity index (χ0n) is 14.1. The lowest BCUT2D eigenvalue weighted by Gasteiger charge is -2.17. The molecule has 0 radical (unpaired) electrons. The summed E-state index contributed by atoms with van der Waals surface area (Å²) in [4.78, 5) is 9.93. The molecule has 8 nitrogen and oxygen atoms in total. The van der Waals surface area contributed by atoms with Crippen LogP contribution in [-0.2, 0) is 10.0 Å². The second-order valence-electron chi connectivity index (χ2n) is 5.22. The maximum atomic E-state index is 12.6. The van der Waals surface area contributed by atoms with Crippen LogP contribution in [-0.4, -0.2) is 45.0 Å². The summed E-state index contributed by atoms with van der Waals surface area (Å²) < 4.78 is 36.7. The standard InChI is InChI=1S/C16H17ClN2O6S/c1-18(9-10-25-14-6-4-13(24-2)5-7-14)26(22,23)16-8-3-12(17)11-15(16)19(20)21/h3-8,11H,9-10H2,1-2H3.